The summed E-state index contributed by atoms with van der Waals surface area (Å²) in [5.41, 5.74) is 2.76. The second-order valence-corrected chi connectivity index (χ2v) is 5.54. The van der Waals surface area contributed by atoms with E-state index in [4.69, 9.17) is 14.2 Å². The lowest BCUT2D eigenvalue weighted by Crippen LogP contribution is -2.27. The Morgan fingerprint density at radius 1 is 1.17 bits per heavy atom. The second-order valence-electron chi connectivity index (χ2n) is 5.54. The average molecular weight is 328 g/mol. The minimum Gasteiger partial charge on any atom is -0.495 e. The first kappa shape index (κ1) is 16.1. The molecular weight excluding hydrogens is 308 g/mol. The predicted octanol–water partition coefficient (Wildman–Crippen LogP) is 2.46. The number of fused-ring (bicyclic) bond motifs is 1. The van der Waals surface area contributed by atoms with Crippen molar-refractivity contribution >= 4 is 11.6 Å². The topological polar surface area (TPSA) is 68.8 Å². The molecule has 0 spiro atoms. The number of benzene rings is 2. The van der Waals surface area contributed by atoms with Crippen LogP contribution < -0.4 is 24.8 Å². The van der Waals surface area contributed by atoms with Crippen LogP contribution in [0.3, 0.4) is 0 Å². The standard InChI is InChI=1S/C18H20N2O4/c1-12-3-5-15(22-2)14(7-12)20-18(21)10-19-9-13-4-6-16-17(8-13)24-11-23-16/h3-8,19H,9-11H2,1-2H3,(H,20,21). The quantitative estimate of drug-likeness (QED) is 0.852. The summed E-state index contributed by atoms with van der Waals surface area (Å²) < 4.78 is 15.9. The molecule has 1 aliphatic rings. The molecule has 0 fully saturated rings. The van der Waals surface area contributed by atoms with Crippen LogP contribution in [0.15, 0.2) is 36.4 Å². The Kier molecular flexibility index (Phi) is 4.86. The van der Waals surface area contributed by atoms with Crippen LogP contribution in [0.4, 0.5) is 5.69 Å². The van der Waals surface area contributed by atoms with Gasteiger partial charge in [0.25, 0.3) is 0 Å². The summed E-state index contributed by atoms with van der Waals surface area (Å²) in [6, 6.07) is 11.4. The van der Waals surface area contributed by atoms with Crippen LogP contribution in [0.1, 0.15) is 11.1 Å². The van der Waals surface area contributed by atoms with Crippen LogP contribution in [-0.2, 0) is 11.3 Å². The van der Waals surface area contributed by atoms with Gasteiger partial charge in [-0.2, -0.15) is 0 Å². The van der Waals surface area contributed by atoms with E-state index in [2.05, 4.69) is 10.6 Å². The molecule has 1 heterocycles. The molecule has 126 valence electrons. The maximum absolute atomic E-state index is 12.1. The highest BCUT2D eigenvalue weighted by molar-refractivity contribution is 5.93. The molecule has 0 radical (unpaired) electrons. The molecule has 0 bridgehead atoms. The molecule has 0 aromatic heterocycles. The maximum atomic E-state index is 12.1. The molecule has 0 atom stereocenters. The highest BCUT2D eigenvalue weighted by Gasteiger charge is 2.13. The fourth-order valence-electron chi connectivity index (χ4n) is 2.49. The van der Waals surface area contributed by atoms with E-state index < -0.39 is 0 Å². The Balaban J connectivity index is 1.52. The van der Waals surface area contributed by atoms with Gasteiger partial charge in [-0.15, -0.1) is 0 Å². The third kappa shape index (κ3) is 3.78. The van der Waals surface area contributed by atoms with E-state index in [9.17, 15) is 4.79 Å². The smallest absolute Gasteiger partial charge is 0.238 e. The Morgan fingerprint density at radius 2 is 2.00 bits per heavy atom. The van der Waals surface area contributed by atoms with Gasteiger partial charge < -0.3 is 24.8 Å². The summed E-state index contributed by atoms with van der Waals surface area (Å²) >= 11 is 0. The zero-order chi connectivity index (χ0) is 16.9. The van der Waals surface area contributed by atoms with Crippen molar-refractivity contribution in [1.82, 2.24) is 5.32 Å². The van der Waals surface area contributed by atoms with Crippen LogP contribution >= 0.6 is 0 Å². The molecule has 1 aliphatic heterocycles. The van der Waals surface area contributed by atoms with E-state index in [1.54, 1.807) is 7.11 Å². The Bertz CT molecular complexity index is 746. The lowest BCUT2D eigenvalue weighted by atomic mass is 10.2. The molecule has 0 aliphatic carbocycles. The number of anilines is 1. The third-order valence-electron chi connectivity index (χ3n) is 3.68. The van der Waals surface area contributed by atoms with Gasteiger partial charge in [-0.05, 0) is 42.3 Å². The van der Waals surface area contributed by atoms with Crippen LogP contribution in [0.2, 0.25) is 0 Å². The molecule has 3 rings (SSSR count). The Hall–Kier alpha value is -2.73. The van der Waals surface area contributed by atoms with Gasteiger partial charge >= 0.3 is 0 Å². The molecule has 1 amide bonds. The fraction of sp³-hybridized carbons (Fsp3) is 0.278. The largest absolute Gasteiger partial charge is 0.495 e. The van der Waals surface area contributed by atoms with Crippen LogP contribution in [-0.4, -0.2) is 26.4 Å². The number of ether oxygens (including phenoxy) is 3. The number of methoxy groups -OCH3 is 1. The minimum atomic E-state index is -0.125. The SMILES string of the molecule is COc1ccc(C)cc1NC(=O)CNCc1ccc2c(c1)OCO2. The summed E-state index contributed by atoms with van der Waals surface area (Å²) in [5.74, 6) is 2.01. The molecule has 0 saturated heterocycles. The Labute approximate surface area is 140 Å². The number of hydrogen-bond acceptors (Lipinski definition) is 5. The molecule has 2 aromatic rings. The van der Waals surface area contributed by atoms with Gasteiger partial charge in [-0.1, -0.05) is 12.1 Å². The van der Waals surface area contributed by atoms with Crippen molar-refractivity contribution in [3.05, 3.63) is 47.5 Å². The van der Waals surface area contributed by atoms with Gasteiger partial charge in [0.15, 0.2) is 11.5 Å². The van der Waals surface area contributed by atoms with Crippen molar-refractivity contribution in [3.63, 3.8) is 0 Å². The van der Waals surface area contributed by atoms with E-state index in [0.29, 0.717) is 18.0 Å². The lowest BCUT2D eigenvalue weighted by Gasteiger charge is -2.11. The van der Waals surface area contributed by atoms with Crippen LogP contribution in [0.5, 0.6) is 17.2 Å². The van der Waals surface area contributed by atoms with E-state index in [-0.39, 0.29) is 19.2 Å². The third-order valence-corrected chi connectivity index (χ3v) is 3.68. The zero-order valence-corrected chi connectivity index (χ0v) is 13.7. The molecule has 2 aromatic carbocycles. The fourth-order valence-corrected chi connectivity index (χ4v) is 2.49. The summed E-state index contributed by atoms with van der Waals surface area (Å²) in [6.45, 7) is 2.99. The van der Waals surface area contributed by atoms with E-state index >= 15 is 0 Å². The molecular formula is C18H20N2O4. The highest BCUT2D eigenvalue weighted by Crippen LogP contribution is 2.32. The number of amides is 1. The van der Waals surface area contributed by atoms with Crippen molar-refractivity contribution in [2.45, 2.75) is 13.5 Å². The van der Waals surface area contributed by atoms with Crippen molar-refractivity contribution in [2.24, 2.45) is 0 Å². The van der Waals surface area contributed by atoms with Crippen LogP contribution in [0, 0.1) is 6.92 Å². The lowest BCUT2D eigenvalue weighted by molar-refractivity contribution is -0.115. The summed E-state index contributed by atoms with van der Waals surface area (Å²) in [4.78, 5) is 12.1. The van der Waals surface area contributed by atoms with Gasteiger partial charge in [0.2, 0.25) is 12.7 Å². The molecule has 0 saturated carbocycles. The Morgan fingerprint density at radius 3 is 2.83 bits per heavy atom. The molecule has 6 heteroatoms. The van der Waals surface area contributed by atoms with E-state index in [0.717, 1.165) is 22.6 Å². The number of nitrogens with one attached hydrogen (secondary N) is 2. The first-order chi connectivity index (χ1) is 11.7. The van der Waals surface area contributed by atoms with Crippen LogP contribution in [0.25, 0.3) is 0 Å². The van der Waals surface area contributed by atoms with Gasteiger partial charge in [0.05, 0.1) is 19.3 Å². The van der Waals surface area contributed by atoms with Crippen molar-refractivity contribution in [3.8, 4) is 17.2 Å². The first-order valence-corrected chi connectivity index (χ1v) is 7.69. The van der Waals surface area contributed by atoms with E-state index in [1.807, 2.05) is 43.3 Å². The number of aryl methyl sites for hydroxylation is 1. The average Bonchev–Trinajstić information content (AvgIpc) is 3.03. The molecule has 6 nitrogen and oxygen atoms in total. The van der Waals surface area contributed by atoms with Crippen molar-refractivity contribution in [2.75, 3.05) is 25.8 Å². The molecule has 2 N–H and O–H groups in total. The molecule has 0 unspecified atom stereocenters. The summed E-state index contributed by atoms with van der Waals surface area (Å²) in [6.07, 6.45) is 0. The normalized spacial score (nSPS) is 12.1. The maximum Gasteiger partial charge on any atom is 0.238 e. The van der Waals surface area contributed by atoms with E-state index in [1.165, 1.54) is 0 Å². The van der Waals surface area contributed by atoms with Gasteiger partial charge in [0, 0.05) is 6.54 Å². The second kappa shape index (κ2) is 7.23. The summed E-state index contributed by atoms with van der Waals surface area (Å²) in [7, 11) is 1.58. The number of carbonyl (C=O) groups excluding carboxylic acids is 1. The zero-order valence-electron chi connectivity index (χ0n) is 13.7. The predicted molar refractivity (Wildman–Crippen MR) is 90.6 cm³/mol. The summed E-state index contributed by atoms with van der Waals surface area (Å²) in [5, 5.41) is 5.97. The number of carbonyl (C=O) groups is 1. The van der Waals surface area contributed by atoms with Gasteiger partial charge in [-0.3, -0.25) is 4.79 Å². The van der Waals surface area contributed by atoms with Crippen molar-refractivity contribution < 1.29 is 19.0 Å². The number of hydrogen-bond donors (Lipinski definition) is 2. The highest BCUT2D eigenvalue weighted by atomic mass is 16.7. The van der Waals surface area contributed by atoms with Gasteiger partial charge in [0.1, 0.15) is 5.75 Å². The monoisotopic (exact) mass is 328 g/mol. The first-order valence-electron chi connectivity index (χ1n) is 7.69. The number of rotatable bonds is 6. The van der Waals surface area contributed by atoms with Crippen molar-refractivity contribution in [1.29, 1.82) is 0 Å². The molecule has 24 heavy (non-hydrogen) atoms. The van der Waals surface area contributed by atoms with Gasteiger partial charge in [-0.25, -0.2) is 0 Å². The minimum absolute atomic E-state index is 0.125.